The van der Waals surface area contributed by atoms with Crippen LogP contribution in [0.4, 0.5) is 9.52 Å². The highest BCUT2D eigenvalue weighted by atomic mass is 32.2. The highest BCUT2D eigenvalue weighted by molar-refractivity contribution is 8.00. The fourth-order valence-corrected chi connectivity index (χ4v) is 4.18. The molecule has 27 heavy (non-hydrogen) atoms. The normalized spacial score (nSPS) is 12.2. The van der Waals surface area contributed by atoms with Crippen molar-refractivity contribution < 1.29 is 9.18 Å². The zero-order valence-electron chi connectivity index (χ0n) is 15.5. The first-order valence-corrected chi connectivity index (χ1v) is 10.2. The number of aromatic nitrogens is 4. The van der Waals surface area contributed by atoms with Crippen molar-refractivity contribution in [1.29, 1.82) is 0 Å². The zero-order valence-corrected chi connectivity index (χ0v) is 17.1. The molecule has 0 saturated carbocycles. The molecule has 9 heteroatoms. The van der Waals surface area contributed by atoms with Crippen molar-refractivity contribution in [3.05, 3.63) is 40.7 Å². The first kappa shape index (κ1) is 19.5. The number of carbonyl (C=O) groups excluding carboxylic acids is 1. The van der Waals surface area contributed by atoms with E-state index in [4.69, 9.17) is 0 Å². The third-order valence-electron chi connectivity index (χ3n) is 4.03. The third-order valence-corrected chi connectivity index (χ3v) is 6.09. The predicted molar refractivity (Wildman–Crippen MR) is 107 cm³/mol. The number of benzene rings is 1. The number of hydrogen-bond acceptors (Lipinski definition) is 6. The average molecular weight is 406 g/mol. The van der Waals surface area contributed by atoms with Gasteiger partial charge in [0.15, 0.2) is 16.1 Å². The molecule has 2 heterocycles. The molecule has 1 atom stereocenters. The molecule has 0 radical (unpaired) electrons. The van der Waals surface area contributed by atoms with E-state index in [1.807, 2.05) is 32.3 Å². The summed E-state index contributed by atoms with van der Waals surface area (Å²) in [6.07, 6.45) is 0. The van der Waals surface area contributed by atoms with Gasteiger partial charge in [-0.3, -0.25) is 4.79 Å². The Morgan fingerprint density at radius 2 is 2.15 bits per heavy atom. The molecule has 3 aromatic rings. The SMILES string of the molecule is CCn1c(S[C@@H](C)C(=O)Nc2nc(C)c(C)s2)nnc1-c1cccc(F)c1. The Morgan fingerprint density at radius 1 is 1.37 bits per heavy atom. The Bertz CT molecular complexity index is 949. The molecule has 0 fully saturated rings. The molecule has 0 bridgehead atoms. The summed E-state index contributed by atoms with van der Waals surface area (Å²) >= 11 is 2.77. The van der Waals surface area contributed by atoms with Crippen LogP contribution in [0.25, 0.3) is 11.4 Å². The van der Waals surface area contributed by atoms with E-state index in [0.29, 0.717) is 28.2 Å². The lowest BCUT2D eigenvalue weighted by atomic mass is 10.2. The number of thioether (sulfide) groups is 1. The third kappa shape index (κ3) is 4.36. The van der Waals surface area contributed by atoms with Crippen molar-refractivity contribution in [3.63, 3.8) is 0 Å². The van der Waals surface area contributed by atoms with Crippen LogP contribution in [0.2, 0.25) is 0 Å². The quantitative estimate of drug-likeness (QED) is 0.619. The van der Waals surface area contributed by atoms with Crippen molar-refractivity contribution in [3.8, 4) is 11.4 Å². The Morgan fingerprint density at radius 3 is 2.78 bits per heavy atom. The second-order valence-corrected chi connectivity index (χ2v) is 8.48. The minimum absolute atomic E-state index is 0.147. The number of halogens is 1. The molecule has 3 rings (SSSR count). The van der Waals surface area contributed by atoms with E-state index >= 15 is 0 Å². The maximum absolute atomic E-state index is 13.5. The molecule has 2 aromatic heterocycles. The summed E-state index contributed by atoms with van der Waals surface area (Å²) in [5, 5.41) is 12.1. The lowest BCUT2D eigenvalue weighted by molar-refractivity contribution is -0.115. The van der Waals surface area contributed by atoms with Crippen LogP contribution in [-0.4, -0.2) is 30.9 Å². The first-order valence-electron chi connectivity index (χ1n) is 8.49. The van der Waals surface area contributed by atoms with Crippen LogP contribution in [0.3, 0.4) is 0 Å². The van der Waals surface area contributed by atoms with Gasteiger partial charge in [0.05, 0.1) is 10.9 Å². The second kappa shape index (κ2) is 8.18. The molecule has 1 aromatic carbocycles. The topological polar surface area (TPSA) is 72.7 Å². The monoisotopic (exact) mass is 405 g/mol. The van der Waals surface area contributed by atoms with Gasteiger partial charge in [0, 0.05) is 17.0 Å². The van der Waals surface area contributed by atoms with Crippen LogP contribution >= 0.6 is 23.1 Å². The number of hydrogen-bond donors (Lipinski definition) is 1. The van der Waals surface area contributed by atoms with Gasteiger partial charge >= 0.3 is 0 Å². The van der Waals surface area contributed by atoms with E-state index in [2.05, 4.69) is 20.5 Å². The van der Waals surface area contributed by atoms with Gasteiger partial charge in [0.1, 0.15) is 5.82 Å². The minimum Gasteiger partial charge on any atom is -0.302 e. The Hall–Kier alpha value is -2.26. The number of rotatable bonds is 6. The summed E-state index contributed by atoms with van der Waals surface area (Å²) in [5.74, 6) is 0.110. The average Bonchev–Trinajstić information content (AvgIpc) is 3.17. The fraction of sp³-hybridized carbons (Fsp3) is 0.333. The number of thiazole rings is 1. The molecule has 142 valence electrons. The van der Waals surface area contributed by atoms with Gasteiger partial charge in [-0.1, -0.05) is 23.9 Å². The summed E-state index contributed by atoms with van der Waals surface area (Å²) in [6.45, 7) is 8.27. The summed E-state index contributed by atoms with van der Waals surface area (Å²) in [6, 6.07) is 6.24. The molecule has 0 unspecified atom stereocenters. The van der Waals surface area contributed by atoms with Crippen LogP contribution in [0, 0.1) is 19.7 Å². The molecule has 1 amide bonds. The van der Waals surface area contributed by atoms with Crippen molar-refractivity contribution in [2.75, 3.05) is 5.32 Å². The zero-order chi connectivity index (χ0) is 19.6. The van der Waals surface area contributed by atoms with Gasteiger partial charge < -0.3 is 9.88 Å². The maximum atomic E-state index is 13.5. The Labute approximate surface area is 165 Å². The van der Waals surface area contributed by atoms with Crippen LogP contribution in [0.1, 0.15) is 24.4 Å². The standard InChI is InChI=1S/C18H20FN5OS2/c1-5-24-15(13-7-6-8-14(19)9-13)22-23-18(24)27-12(4)16(25)21-17-20-10(2)11(3)26-17/h6-9,12H,5H2,1-4H3,(H,20,21,25)/t12-/m0/s1. The molecule has 0 aliphatic carbocycles. The molecule has 0 aliphatic rings. The first-order chi connectivity index (χ1) is 12.9. The molecule has 0 saturated heterocycles. The minimum atomic E-state index is -0.385. The maximum Gasteiger partial charge on any atom is 0.239 e. The van der Waals surface area contributed by atoms with E-state index < -0.39 is 0 Å². The summed E-state index contributed by atoms with van der Waals surface area (Å²) in [5.41, 5.74) is 1.57. The number of nitrogens with zero attached hydrogens (tertiary/aromatic N) is 4. The number of carbonyl (C=O) groups is 1. The number of aryl methyl sites for hydroxylation is 2. The summed E-state index contributed by atoms with van der Waals surface area (Å²) in [4.78, 5) is 17.9. The summed E-state index contributed by atoms with van der Waals surface area (Å²) < 4.78 is 15.4. The number of anilines is 1. The molecule has 0 aliphatic heterocycles. The van der Waals surface area contributed by atoms with Gasteiger partial charge in [0.25, 0.3) is 0 Å². The highest BCUT2D eigenvalue weighted by Gasteiger charge is 2.21. The van der Waals surface area contributed by atoms with E-state index in [1.54, 1.807) is 12.1 Å². The van der Waals surface area contributed by atoms with Crippen molar-refractivity contribution in [1.82, 2.24) is 19.7 Å². The van der Waals surface area contributed by atoms with Crippen LogP contribution < -0.4 is 5.32 Å². The van der Waals surface area contributed by atoms with Gasteiger partial charge in [-0.2, -0.15) is 0 Å². The van der Waals surface area contributed by atoms with Gasteiger partial charge in [-0.05, 0) is 39.8 Å². The van der Waals surface area contributed by atoms with E-state index in [0.717, 1.165) is 10.6 Å². The van der Waals surface area contributed by atoms with Crippen molar-refractivity contribution in [2.45, 2.75) is 44.6 Å². The highest BCUT2D eigenvalue weighted by Crippen LogP contribution is 2.28. The molecule has 6 nitrogen and oxygen atoms in total. The van der Waals surface area contributed by atoms with Crippen LogP contribution in [-0.2, 0) is 11.3 Å². The molecule has 1 N–H and O–H groups in total. The lowest BCUT2D eigenvalue weighted by Gasteiger charge is -2.11. The predicted octanol–water partition coefficient (Wildman–Crippen LogP) is 4.30. The Kier molecular flexibility index (Phi) is 5.91. The molecular formula is C18H20FN5OS2. The molecular weight excluding hydrogens is 385 g/mol. The smallest absolute Gasteiger partial charge is 0.239 e. The van der Waals surface area contributed by atoms with Crippen molar-refractivity contribution >= 4 is 34.1 Å². The molecule has 0 spiro atoms. The number of amides is 1. The summed E-state index contributed by atoms with van der Waals surface area (Å²) in [7, 11) is 0. The van der Waals surface area contributed by atoms with E-state index in [-0.39, 0.29) is 17.0 Å². The van der Waals surface area contributed by atoms with E-state index in [9.17, 15) is 9.18 Å². The number of nitrogens with one attached hydrogen (secondary N) is 1. The van der Waals surface area contributed by atoms with Crippen LogP contribution in [0.5, 0.6) is 0 Å². The van der Waals surface area contributed by atoms with Gasteiger partial charge in [-0.25, -0.2) is 9.37 Å². The van der Waals surface area contributed by atoms with Gasteiger partial charge in [0.2, 0.25) is 5.91 Å². The lowest BCUT2D eigenvalue weighted by Crippen LogP contribution is -2.22. The van der Waals surface area contributed by atoms with Gasteiger partial charge in [-0.15, -0.1) is 21.5 Å². The van der Waals surface area contributed by atoms with E-state index in [1.165, 1.54) is 35.2 Å². The van der Waals surface area contributed by atoms with Crippen molar-refractivity contribution in [2.24, 2.45) is 0 Å². The van der Waals surface area contributed by atoms with Crippen LogP contribution in [0.15, 0.2) is 29.4 Å². The Balaban J connectivity index is 1.75. The fourth-order valence-electron chi connectivity index (χ4n) is 2.45. The second-order valence-electron chi connectivity index (χ2n) is 5.97. The largest absolute Gasteiger partial charge is 0.302 e.